The van der Waals surface area contributed by atoms with Gasteiger partial charge in [-0.1, -0.05) is 24.3 Å². The van der Waals surface area contributed by atoms with Gasteiger partial charge in [0.25, 0.3) is 5.69 Å². The summed E-state index contributed by atoms with van der Waals surface area (Å²) in [5.74, 6) is 0.579. The Hall–Kier alpha value is -3.09. The zero-order valence-electron chi connectivity index (χ0n) is 14.6. The number of fused-ring (bicyclic) bond motifs is 2. The lowest BCUT2D eigenvalue weighted by atomic mass is 9.89. The number of non-ortho nitro benzene ring substituents is 1. The van der Waals surface area contributed by atoms with Gasteiger partial charge in [0.05, 0.1) is 34.9 Å². The molecule has 3 atom stereocenters. The number of hydrogen-bond donors (Lipinski definition) is 1. The van der Waals surface area contributed by atoms with Gasteiger partial charge >= 0.3 is 0 Å². The van der Waals surface area contributed by atoms with E-state index < -0.39 is 0 Å². The van der Waals surface area contributed by atoms with Crippen LogP contribution in [0.25, 0.3) is 0 Å². The molecule has 0 saturated carbocycles. The molecule has 0 bridgehead atoms. The van der Waals surface area contributed by atoms with Crippen LogP contribution < -0.4 is 10.2 Å². The maximum Gasteiger partial charge on any atom is 0.269 e. The van der Waals surface area contributed by atoms with E-state index in [9.17, 15) is 10.1 Å². The number of nitrogens with one attached hydrogen (secondary N) is 1. The number of benzene rings is 2. The molecule has 2 heterocycles. The summed E-state index contributed by atoms with van der Waals surface area (Å²) >= 11 is 0. The summed E-state index contributed by atoms with van der Waals surface area (Å²) in [7, 11) is 2.06. The minimum absolute atomic E-state index is 0.0351. The van der Waals surface area contributed by atoms with Crippen LogP contribution in [-0.2, 0) is 4.74 Å². The van der Waals surface area contributed by atoms with Crippen LogP contribution in [0.1, 0.15) is 18.4 Å². The third-order valence-electron chi connectivity index (χ3n) is 4.99. The molecular weight excluding hydrogens is 332 g/mol. The molecule has 7 nitrogen and oxygen atoms in total. The minimum Gasteiger partial charge on any atom is -0.481 e. The van der Waals surface area contributed by atoms with Crippen molar-refractivity contribution in [3.8, 4) is 0 Å². The predicted molar refractivity (Wildman–Crippen MR) is 101 cm³/mol. The molecule has 134 valence electrons. The molecule has 2 aromatic carbocycles. The fourth-order valence-corrected chi connectivity index (χ4v) is 3.82. The molecule has 4 rings (SSSR count). The van der Waals surface area contributed by atoms with Crippen molar-refractivity contribution in [2.24, 2.45) is 4.99 Å². The molecule has 0 saturated heterocycles. The van der Waals surface area contributed by atoms with Crippen molar-refractivity contribution >= 4 is 23.0 Å². The molecule has 0 aliphatic carbocycles. The average molecular weight is 352 g/mol. The Bertz CT molecular complexity index is 865. The number of aliphatic imine (C=N–C) groups is 1. The average Bonchev–Trinajstić information content (AvgIpc) is 3.00. The minimum atomic E-state index is -0.386. The van der Waals surface area contributed by atoms with E-state index in [0.29, 0.717) is 12.5 Å². The van der Waals surface area contributed by atoms with E-state index in [4.69, 9.17) is 9.73 Å². The number of likely N-dealkylation sites (N-methyl/N-ethyl adjacent to an activating group) is 1. The third-order valence-corrected chi connectivity index (χ3v) is 4.99. The van der Waals surface area contributed by atoms with Gasteiger partial charge < -0.3 is 15.0 Å². The highest BCUT2D eigenvalue weighted by atomic mass is 16.6. The van der Waals surface area contributed by atoms with Crippen LogP contribution in [0.15, 0.2) is 53.5 Å². The molecule has 0 amide bonds. The van der Waals surface area contributed by atoms with Gasteiger partial charge in [-0.05, 0) is 24.6 Å². The lowest BCUT2D eigenvalue weighted by Gasteiger charge is -2.40. The molecule has 1 N–H and O–H groups in total. The largest absolute Gasteiger partial charge is 0.481 e. The number of rotatable bonds is 3. The van der Waals surface area contributed by atoms with E-state index in [1.165, 1.54) is 12.1 Å². The summed E-state index contributed by atoms with van der Waals surface area (Å²) in [6.07, 6.45) is -0.128. The molecule has 0 fully saturated rings. The fraction of sp³-hybridized carbons (Fsp3) is 0.316. The zero-order valence-corrected chi connectivity index (χ0v) is 14.6. The lowest BCUT2D eigenvalue weighted by molar-refractivity contribution is -0.384. The number of nitrogens with zero attached hydrogens (tertiary/aromatic N) is 3. The molecule has 0 unspecified atom stereocenters. The van der Waals surface area contributed by atoms with Crippen molar-refractivity contribution in [1.29, 1.82) is 0 Å². The van der Waals surface area contributed by atoms with Crippen molar-refractivity contribution in [3.05, 3.63) is 64.2 Å². The van der Waals surface area contributed by atoms with Crippen molar-refractivity contribution in [2.45, 2.75) is 25.0 Å². The second kappa shape index (κ2) is 6.33. The summed E-state index contributed by atoms with van der Waals surface area (Å²) in [6, 6.07) is 14.8. The third kappa shape index (κ3) is 2.56. The summed E-state index contributed by atoms with van der Waals surface area (Å²) in [5, 5.41) is 14.4. The number of hydrogen-bond acceptors (Lipinski definition) is 6. The molecule has 0 spiro atoms. The van der Waals surface area contributed by atoms with Crippen LogP contribution in [0.4, 0.5) is 17.1 Å². The SMILES string of the molecule is CCOC1=N[C@@H]2Nc3ccccc3N(C)[C@H]2[C@H]1c1ccc([N+](=O)[O-])cc1. The second-order valence-corrected chi connectivity index (χ2v) is 6.43. The zero-order chi connectivity index (χ0) is 18.3. The first-order chi connectivity index (χ1) is 12.6. The molecule has 0 radical (unpaired) electrons. The monoisotopic (exact) mass is 352 g/mol. The van der Waals surface area contributed by atoms with Crippen LogP contribution in [0, 0.1) is 10.1 Å². The normalized spacial score (nSPS) is 23.5. The van der Waals surface area contributed by atoms with Crippen LogP contribution in [0.2, 0.25) is 0 Å². The fourth-order valence-electron chi connectivity index (χ4n) is 3.82. The van der Waals surface area contributed by atoms with E-state index in [1.54, 1.807) is 12.1 Å². The van der Waals surface area contributed by atoms with Crippen molar-refractivity contribution in [2.75, 3.05) is 23.9 Å². The first kappa shape index (κ1) is 16.4. The van der Waals surface area contributed by atoms with Gasteiger partial charge in [-0.2, -0.15) is 0 Å². The summed E-state index contributed by atoms with van der Waals surface area (Å²) in [5.41, 5.74) is 3.19. The number of para-hydroxylation sites is 2. The lowest BCUT2D eigenvalue weighted by Crippen LogP contribution is -2.49. The van der Waals surface area contributed by atoms with Gasteiger partial charge in [0.15, 0.2) is 5.90 Å². The van der Waals surface area contributed by atoms with Crippen molar-refractivity contribution in [3.63, 3.8) is 0 Å². The molecule has 2 aliphatic heterocycles. The number of nitro groups is 1. The molecule has 0 aromatic heterocycles. The van der Waals surface area contributed by atoms with Crippen LogP contribution in [-0.4, -0.2) is 36.7 Å². The first-order valence-corrected chi connectivity index (χ1v) is 8.63. The Morgan fingerprint density at radius 1 is 1.23 bits per heavy atom. The Morgan fingerprint density at radius 2 is 1.96 bits per heavy atom. The van der Waals surface area contributed by atoms with Gasteiger partial charge in [-0.15, -0.1) is 0 Å². The second-order valence-electron chi connectivity index (χ2n) is 6.43. The van der Waals surface area contributed by atoms with E-state index >= 15 is 0 Å². The molecular formula is C19H20N4O3. The highest BCUT2D eigenvalue weighted by molar-refractivity contribution is 5.90. The number of anilines is 2. The molecule has 2 aromatic rings. The van der Waals surface area contributed by atoms with Crippen molar-refractivity contribution < 1.29 is 9.66 Å². The van der Waals surface area contributed by atoms with Gasteiger partial charge in [0.2, 0.25) is 0 Å². The Labute approximate surface area is 151 Å². The number of ether oxygens (including phenoxy) is 1. The molecule has 26 heavy (non-hydrogen) atoms. The quantitative estimate of drug-likeness (QED) is 0.676. The van der Waals surface area contributed by atoms with Crippen LogP contribution in [0.5, 0.6) is 0 Å². The highest BCUT2D eigenvalue weighted by Gasteiger charge is 2.46. The Morgan fingerprint density at radius 3 is 2.65 bits per heavy atom. The number of nitro benzene ring substituents is 1. The predicted octanol–water partition coefficient (Wildman–Crippen LogP) is 3.38. The maximum atomic E-state index is 11.0. The highest BCUT2D eigenvalue weighted by Crippen LogP contribution is 2.42. The van der Waals surface area contributed by atoms with E-state index in [1.807, 2.05) is 25.1 Å². The van der Waals surface area contributed by atoms with Crippen LogP contribution >= 0.6 is 0 Å². The van der Waals surface area contributed by atoms with Gasteiger partial charge in [0.1, 0.15) is 6.17 Å². The van der Waals surface area contributed by atoms with Crippen LogP contribution in [0.3, 0.4) is 0 Å². The van der Waals surface area contributed by atoms with E-state index in [2.05, 4.69) is 23.3 Å². The molecule has 7 heteroatoms. The first-order valence-electron chi connectivity index (χ1n) is 8.63. The summed E-state index contributed by atoms with van der Waals surface area (Å²) in [4.78, 5) is 17.6. The van der Waals surface area contributed by atoms with E-state index in [-0.39, 0.29) is 28.7 Å². The summed E-state index contributed by atoms with van der Waals surface area (Å²) < 4.78 is 5.84. The van der Waals surface area contributed by atoms with Crippen molar-refractivity contribution in [1.82, 2.24) is 0 Å². The maximum absolute atomic E-state index is 11.0. The molecule has 2 aliphatic rings. The summed E-state index contributed by atoms with van der Waals surface area (Å²) in [6.45, 7) is 2.46. The van der Waals surface area contributed by atoms with E-state index in [0.717, 1.165) is 16.9 Å². The Balaban J connectivity index is 1.74. The topological polar surface area (TPSA) is 80.0 Å². The standard InChI is InChI=1S/C19H20N4O3/c1-3-26-19-16(12-8-10-13(11-9-12)23(24)25)17-18(21-19)20-14-6-4-5-7-15(14)22(17)2/h4-11,16-18,20H,3H2,1-2H3/t16-,17+,18+/m1/s1. The smallest absolute Gasteiger partial charge is 0.269 e. The Kier molecular flexibility index (Phi) is 3.99. The van der Waals surface area contributed by atoms with Gasteiger partial charge in [0, 0.05) is 19.2 Å². The van der Waals surface area contributed by atoms with Gasteiger partial charge in [-0.25, -0.2) is 4.99 Å². The van der Waals surface area contributed by atoms with Gasteiger partial charge in [-0.3, -0.25) is 10.1 Å².